The molecule has 1 atom stereocenters. The average molecular weight is 342 g/mol. The predicted octanol–water partition coefficient (Wildman–Crippen LogP) is 2.18. The van der Waals surface area contributed by atoms with Crippen molar-refractivity contribution >= 4 is 5.96 Å². The first-order valence-corrected chi connectivity index (χ1v) is 8.78. The molecule has 1 aromatic carbocycles. The van der Waals surface area contributed by atoms with Gasteiger partial charge in [0.05, 0.1) is 18.8 Å². The Labute approximate surface area is 148 Å². The highest BCUT2D eigenvalue weighted by Gasteiger charge is 2.36. The van der Waals surface area contributed by atoms with E-state index in [1.165, 1.54) is 5.56 Å². The first kappa shape index (κ1) is 17.5. The van der Waals surface area contributed by atoms with Crippen LogP contribution in [0.2, 0.25) is 0 Å². The second-order valence-electron chi connectivity index (χ2n) is 6.54. The Bertz CT molecular complexity index is 749. The molecule has 2 aromatic rings. The van der Waals surface area contributed by atoms with Crippen LogP contribution in [0.4, 0.5) is 0 Å². The van der Waals surface area contributed by atoms with E-state index in [2.05, 4.69) is 26.8 Å². The number of hydrogen-bond acceptors (Lipinski definition) is 4. The van der Waals surface area contributed by atoms with E-state index in [1.54, 1.807) is 0 Å². The standard InChI is InChI=1S/C19H26N4O2/c1-4-20-18(21-11-16-13(2)23-25-14(16)3)22-12-19(24)10-9-15-7-5-6-8-17(15)19/h5-8,24H,4,9-12H2,1-3H3,(H2,20,21,22). The maximum Gasteiger partial charge on any atom is 0.191 e. The van der Waals surface area contributed by atoms with Crippen LogP contribution in [0.1, 0.15) is 41.5 Å². The fourth-order valence-electron chi connectivity index (χ4n) is 3.31. The van der Waals surface area contributed by atoms with E-state index in [-0.39, 0.29) is 0 Å². The minimum Gasteiger partial charge on any atom is -0.383 e. The number of benzene rings is 1. The molecule has 0 aliphatic heterocycles. The van der Waals surface area contributed by atoms with Crippen LogP contribution in [0, 0.1) is 13.8 Å². The molecule has 0 saturated carbocycles. The van der Waals surface area contributed by atoms with Gasteiger partial charge in [0.25, 0.3) is 0 Å². The first-order valence-electron chi connectivity index (χ1n) is 8.78. The molecule has 0 fully saturated rings. The van der Waals surface area contributed by atoms with Crippen LogP contribution < -0.4 is 10.6 Å². The second kappa shape index (κ2) is 7.27. The van der Waals surface area contributed by atoms with E-state index in [1.807, 2.05) is 39.0 Å². The lowest BCUT2D eigenvalue weighted by Gasteiger charge is -2.25. The molecule has 1 aromatic heterocycles. The van der Waals surface area contributed by atoms with Crippen LogP contribution in [-0.4, -0.2) is 29.3 Å². The maximum absolute atomic E-state index is 11.0. The third-order valence-electron chi connectivity index (χ3n) is 4.80. The lowest BCUT2D eigenvalue weighted by molar-refractivity contribution is 0.0432. The number of guanidine groups is 1. The van der Waals surface area contributed by atoms with Crippen LogP contribution in [0.5, 0.6) is 0 Å². The number of rotatable bonds is 5. The molecule has 0 saturated heterocycles. The summed E-state index contributed by atoms with van der Waals surface area (Å²) in [4.78, 5) is 4.61. The molecule has 1 heterocycles. The van der Waals surface area contributed by atoms with Crippen molar-refractivity contribution < 1.29 is 9.63 Å². The molecule has 3 rings (SSSR count). The summed E-state index contributed by atoms with van der Waals surface area (Å²) in [7, 11) is 0. The third-order valence-corrected chi connectivity index (χ3v) is 4.80. The van der Waals surface area contributed by atoms with E-state index >= 15 is 0 Å². The van der Waals surface area contributed by atoms with Gasteiger partial charge in [-0.25, -0.2) is 4.99 Å². The molecule has 0 spiro atoms. The lowest BCUT2D eigenvalue weighted by Crippen LogP contribution is -2.45. The van der Waals surface area contributed by atoms with Crippen molar-refractivity contribution in [3.05, 3.63) is 52.4 Å². The molecular formula is C19H26N4O2. The largest absolute Gasteiger partial charge is 0.383 e. The Balaban J connectivity index is 1.69. The Hall–Kier alpha value is -2.34. The molecule has 1 aliphatic rings. The minimum absolute atomic E-state index is 0.428. The van der Waals surface area contributed by atoms with Crippen molar-refractivity contribution in [2.24, 2.45) is 4.99 Å². The summed E-state index contributed by atoms with van der Waals surface area (Å²) < 4.78 is 5.18. The fourth-order valence-corrected chi connectivity index (χ4v) is 3.31. The van der Waals surface area contributed by atoms with E-state index in [9.17, 15) is 5.11 Å². The zero-order valence-electron chi connectivity index (χ0n) is 15.1. The minimum atomic E-state index is -0.851. The van der Waals surface area contributed by atoms with E-state index < -0.39 is 5.60 Å². The number of aromatic nitrogens is 1. The average Bonchev–Trinajstić information content (AvgIpc) is 3.12. The Kier molecular flexibility index (Phi) is 5.08. The van der Waals surface area contributed by atoms with Crippen molar-refractivity contribution in [3.63, 3.8) is 0 Å². The van der Waals surface area contributed by atoms with Gasteiger partial charge in [0, 0.05) is 12.1 Å². The van der Waals surface area contributed by atoms with E-state index in [0.717, 1.165) is 42.0 Å². The molecule has 25 heavy (non-hydrogen) atoms. The molecule has 0 amide bonds. The summed E-state index contributed by atoms with van der Waals surface area (Å²) in [6.07, 6.45) is 1.63. The lowest BCUT2D eigenvalue weighted by atomic mass is 9.96. The monoisotopic (exact) mass is 342 g/mol. The number of hydrogen-bond donors (Lipinski definition) is 3. The van der Waals surface area contributed by atoms with Gasteiger partial charge in [-0.1, -0.05) is 29.4 Å². The van der Waals surface area contributed by atoms with Gasteiger partial charge in [0.15, 0.2) is 5.96 Å². The molecule has 0 bridgehead atoms. The van der Waals surface area contributed by atoms with Gasteiger partial charge in [-0.15, -0.1) is 0 Å². The smallest absolute Gasteiger partial charge is 0.191 e. The quantitative estimate of drug-likeness (QED) is 0.573. The van der Waals surface area contributed by atoms with Gasteiger partial charge in [-0.05, 0) is 44.7 Å². The summed E-state index contributed by atoms with van der Waals surface area (Å²) in [6.45, 7) is 7.50. The number of nitrogens with zero attached hydrogens (tertiary/aromatic N) is 2. The molecule has 3 N–H and O–H groups in total. The zero-order chi connectivity index (χ0) is 17.9. The van der Waals surface area contributed by atoms with Crippen LogP contribution in [0.25, 0.3) is 0 Å². The van der Waals surface area contributed by atoms with Crippen LogP contribution in [-0.2, 0) is 18.6 Å². The summed E-state index contributed by atoms with van der Waals surface area (Å²) >= 11 is 0. The van der Waals surface area contributed by atoms with Gasteiger partial charge in [0.1, 0.15) is 11.4 Å². The number of fused-ring (bicyclic) bond motifs is 1. The number of aliphatic hydroxyl groups is 1. The van der Waals surface area contributed by atoms with Crippen molar-refractivity contribution in [3.8, 4) is 0 Å². The van der Waals surface area contributed by atoms with Crippen molar-refractivity contribution in [2.75, 3.05) is 13.1 Å². The van der Waals surface area contributed by atoms with Crippen LogP contribution in [0.3, 0.4) is 0 Å². The van der Waals surface area contributed by atoms with Crippen molar-refractivity contribution in [2.45, 2.75) is 45.8 Å². The molecular weight excluding hydrogens is 316 g/mol. The molecule has 0 radical (unpaired) electrons. The Morgan fingerprint density at radius 1 is 1.32 bits per heavy atom. The van der Waals surface area contributed by atoms with Crippen LogP contribution >= 0.6 is 0 Å². The van der Waals surface area contributed by atoms with Gasteiger partial charge in [-0.3, -0.25) is 0 Å². The highest BCUT2D eigenvalue weighted by atomic mass is 16.5. The fraction of sp³-hybridized carbons (Fsp3) is 0.474. The SMILES string of the molecule is CCNC(=NCc1c(C)noc1C)NCC1(O)CCc2ccccc21. The van der Waals surface area contributed by atoms with Gasteiger partial charge in [0.2, 0.25) is 0 Å². The van der Waals surface area contributed by atoms with Crippen LogP contribution in [0.15, 0.2) is 33.8 Å². The maximum atomic E-state index is 11.0. The third kappa shape index (κ3) is 3.69. The van der Waals surface area contributed by atoms with Gasteiger partial charge < -0.3 is 20.3 Å². The number of aliphatic imine (C=N–C) groups is 1. The molecule has 1 unspecified atom stereocenters. The van der Waals surface area contributed by atoms with Gasteiger partial charge >= 0.3 is 0 Å². The summed E-state index contributed by atoms with van der Waals surface area (Å²) in [5.41, 5.74) is 3.26. The Morgan fingerprint density at radius 2 is 2.12 bits per heavy atom. The summed E-state index contributed by atoms with van der Waals surface area (Å²) in [5.74, 6) is 1.47. The van der Waals surface area contributed by atoms with E-state index in [4.69, 9.17) is 4.52 Å². The molecule has 6 nitrogen and oxygen atoms in total. The molecule has 6 heteroatoms. The normalized spacial score (nSPS) is 19.8. The topological polar surface area (TPSA) is 82.7 Å². The zero-order valence-corrected chi connectivity index (χ0v) is 15.1. The summed E-state index contributed by atoms with van der Waals surface area (Å²) in [6, 6.07) is 8.10. The highest BCUT2D eigenvalue weighted by molar-refractivity contribution is 5.79. The second-order valence-corrected chi connectivity index (χ2v) is 6.54. The first-order chi connectivity index (χ1) is 12.0. The predicted molar refractivity (Wildman–Crippen MR) is 97.5 cm³/mol. The number of nitrogens with one attached hydrogen (secondary N) is 2. The summed E-state index contributed by atoms with van der Waals surface area (Å²) in [5, 5.41) is 21.5. The van der Waals surface area contributed by atoms with Crippen molar-refractivity contribution in [1.82, 2.24) is 15.8 Å². The molecule has 1 aliphatic carbocycles. The Morgan fingerprint density at radius 3 is 2.84 bits per heavy atom. The van der Waals surface area contributed by atoms with Gasteiger partial charge in [-0.2, -0.15) is 0 Å². The van der Waals surface area contributed by atoms with Crippen molar-refractivity contribution in [1.29, 1.82) is 0 Å². The van der Waals surface area contributed by atoms with E-state index in [0.29, 0.717) is 19.0 Å². The highest BCUT2D eigenvalue weighted by Crippen LogP contribution is 2.36. The number of aryl methyl sites for hydroxylation is 3. The molecule has 134 valence electrons.